The topological polar surface area (TPSA) is 118 Å². The summed E-state index contributed by atoms with van der Waals surface area (Å²) in [6.07, 6.45) is -0.353. The summed E-state index contributed by atoms with van der Waals surface area (Å²) in [5.74, 6) is -4.48. The summed E-state index contributed by atoms with van der Waals surface area (Å²) >= 11 is 11.7. The van der Waals surface area contributed by atoms with E-state index in [1.54, 1.807) is 0 Å². The predicted octanol–water partition coefficient (Wildman–Crippen LogP) is 4.37. The zero-order valence-electron chi connectivity index (χ0n) is 19.8. The summed E-state index contributed by atoms with van der Waals surface area (Å²) in [6.45, 7) is 2.50. The molecule has 0 saturated heterocycles. The van der Waals surface area contributed by atoms with E-state index in [9.17, 15) is 28.6 Å². The van der Waals surface area contributed by atoms with Crippen LogP contribution in [0.15, 0.2) is 48.7 Å². The molecular weight excluding hydrogens is 533 g/mol. The number of methoxy groups -OCH3 is 1. The maximum atomic E-state index is 14.9. The molecule has 1 aromatic heterocycles. The van der Waals surface area contributed by atoms with Crippen LogP contribution in [0.5, 0.6) is 11.5 Å². The third-order valence-electron chi connectivity index (χ3n) is 5.59. The fourth-order valence-electron chi connectivity index (χ4n) is 3.63. The Hall–Kier alpha value is -3.47. The molecule has 0 saturated carbocycles. The van der Waals surface area contributed by atoms with Crippen LogP contribution >= 0.6 is 23.2 Å². The Bertz CT molecular complexity index is 1290. The molecule has 3 aromatic rings. The first-order chi connectivity index (χ1) is 17.4. The standard InChI is InChI=1S/C25H22Cl2F2N2O6/c1-12(31-23(33)21-22(32)20(36-3)8-9-30-21)24(34)37-13(2)25(35,16-6-4-14(26)10-18(16)28)17-7-5-15(27)11-19(17)29/h4-13,32,35H,1-3H3,(H,31,33)/t12-,13-/m0/s1. The van der Waals surface area contributed by atoms with E-state index in [0.29, 0.717) is 0 Å². The van der Waals surface area contributed by atoms with Gasteiger partial charge in [0.15, 0.2) is 22.8 Å². The first kappa shape index (κ1) is 28.1. The number of rotatable bonds is 8. The second-order valence-electron chi connectivity index (χ2n) is 8.00. The van der Waals surface area contributed by atoms with Crippen molar-refractivity contribution < 1.29 is 38.1 Å². The maximum Gasteiger partial charge on any atom is 0.328 e. The van der Waals surface area contributed by atoms with Crippen LogP contribution in [0.2, 0.25) is 10.0 Å². The molecule has 0 aliphatic heterocycles. The number of carbonyl (C=O) groups excluding carboxylic acids is 2. The van der Waals surface area contributed by atoms with Crippen molar-refractivity contribution in [3.8, 4) is 11.5 Å². The highest BCUT2D eigenvalue weighted by Crippen LogP contribution is 2.39. The Kier molecular flexibility index (Phi) is 8.57. The molecule has 0 spiro atoms. The lowest BCUT2D eigenvalue weighted by molar-refractivity contribution is -0.162. The number of halogens is 4. The number of pyridine rings is 1. The van der Waals surface area contributed by atoms with Crippen LogP contribution in [0, 0.1) is 11.6 Å². The lowest BCUT2D eigenvalue weighted by atomic mass is 9.81. The average molecular weight is 555 g/mol. The number of benzene rings is 2. The van der Waals surface area contributed by atoms with Crippen LogP contribution in [-0.4, -0.2) is 46.3 Å². The van der Waals surface area contributed by atoms with Crippen LogP contribution in [0.4, 0.5) is 8.78 Å². The minimum Gasteiger partial charge on any atom is -0.503 e. The first-order valence-electron chi connectivity index (χ1n) is 10.8. The zero-order valence-corrected chi connectivity index (χ0v) is 21.3. The second kappa shape index (κ2) is 11.3. The number of nitrogens with zero attached hydrogens (tertiary/aromatic N) is 1. The van der Waals surface area contributed by atoms with Crippen molar-refractivity contribution in [1.82, 2.24) is 10.3 Å². The van der Waals surface area contributed by atoms with Crippen molar-refractivity contribution in [2.24, 2.45) is 0 Å². The van der Waals surface area contributed by atoms with Gasteiger partial charge in [0.1, 0.15) is 23.8 Å². The van der Waals surface area contributed by atoms with Crippen LogP contribution in [0.25, 0.3) is 0 Å². The van der Waals surface area contributed by atoms with Crippen LogP contribution in [-0.2, 0) is 15.1 Å². The molecule has 3 rings (SSSR count). The van der Waals surface area contributed by atoms with Gasteiger partial charge in [0, 0.05) is 33.4 Å². The van der Waals surface area contributed by atoms with E-state index in [4.69, 9.17) is 32.7 Å². The number of amides is 1. The Morgan fingerprint density at radius 1 is 1.03 bits per heavy atom. The number of hydrogen-bond acceptors (Lipinski definition) is 7. The number of aromatic hydroxyl groups is 1. The van der Waals surface area contributed by atoms with Gasteiger partial charge in [-0.25, -0.2) is 18.6 Å². The predicted molar refractivity (Wildman–Crippen MR) is 131 cm³/mol. The van der Waals surface area contributed by atoms with Crippen molar-refractivity contribution in [2.75, 3.05) is 7.11 Å². The van der Waals surface area contributed by atoms with Gasteiger partial charge in [-0.15, -0.1) is 0 Å². The first-order valence-corrected chi connectivity index (χ1v) is 11.5. The summed E-state index contributed by atoms with van der Waals surface area (Å²) < 4.78 is 40.1. The minimum absolute atomic E-state index is 0.0101. The fourth-order valence-corrected chi connectivity index (χ4v) is 3.95. The van der Waals surface area contributed by atoms with E-state index in [2.05, 4.69) is 10.3 Å². The molecular formula is C25H22Cl2F2N2O6. The number of nitrogens with one attached hydrogen (secondary N) is 1. The minimum atomic E-state index is -2.52. The van der Waals surface area contributed by atoms with Crippen molar-refractivity contribution in [3.05, 3.63) is 87.2 Å². The van der Waals surface area contributed by atoms with Gasteiger partial charge in [-0.05, 0) is 38.1 Å². The highest BCUT2D eigenvalue weighted by Gasteiger charge is 2.44. The van der Waals surface area contributed by atoms with Crippen molar-refractivity contribution in [3.63, 3.8) is 0 Å². The number of ether oxygens (including phenoxy) is 2. The lowest BCUT2D eigenvalue weighted by Gasteiger charge is -2.35. The smallest absolute Gasteiger partial charge is 0.328 e. The number of carbonyl (C=O) groups is 2. The highest BCUT2D eigenvalue weighted by atomic mass is 35.5. The third-order valence-corrected chi connectivity index (χ3v) is 6.06. The van der Waals surface area contributed by atoms with Gasteiger partial charge in [-0.3, -0.25) is 4.79 Å². The van der Waals surface area contributed by atoms with E-state index >= 15 is 0 Å². The highest BCUT2D eigenvalue weighted by molar-refractivity contribution is 6.30. The summed E-state index contributed by atoms with van der Waals surface area (Å²) in [5, 5.41) is 24.1. The Balaban J connectivity index is 1.90. The third kappa shape index (κ3) is 5.76. The molecule has 12 heteroatoms. The fraction of sp³-hybridized carbons (Fsp3) is 0.240. The van der Waals surface area contributed by atoms with Crippen molar-refractivity contribution in [2.45, 2.75) is 31.6 Å². The van der Waals surface area contributed by atoms with Crippen LogP contribution < -0.4 is 10.1 Å². The molecule has 37 heavy (non-hydrogen) atoms. The van der Waals surface area contributed by atoms with Gasteiger partial charge in [0.25, 0.3) is 5.91 Å². The number of hydrogen-bond donors (Lipinski definition) is 3. The maximum absolute atomic E-state index is 14.9. The quantitative estimate of drug-likeness (QED) is 0.354. The van der Waals surface area contributed by atoms with Gasteiger partial charge in [-0.1, -0.05) is 35.3 Å². The molecule has 0 bridgehead atoms. The molecule has 8 nitrogen and oxygen atoms in total. The summed E-state index contributed by atoms with van der Waals surface area (Å²) in [6, 6.07) is 6.68. The summed E-state index contributed by atoms with van der Waals surface area (Å²) in [5.41, 5.74) is -3.76. The SMILES string of the molecule is COc1ccnc(C(=O)N[C@@H](C)C(=O)O[C@@H](C)C(O)(c2ccc(Cl)cc2F)c2ccc(Cl)cc2F)c1O. The molecule has 1 heterocycles. The summed E-state index contributed by atoms with van der Waals surface area (Å²) in [7, 11) is 1.28. The van der Waals surface area contributed by atoms with E-state index in [1.165, 1.54) is 45.4 Å². The van der Waals surface area contributed by atoms with Gasteiger partial charge in [0.05, 0.1) is 7.11 Å². The van der Waals surface area contributed by atoms with Gasteiger partial charge >= 0.3 is 5.97 Å². The molecule has 0 radical (unpaired) electrons. The van der Waals surface area contributed by atoms with Gasteiger partial charge in [0.2, 0.25) is 0 Å². The summed E-state index contributed by atoms with van der Waals surface area (Å²) in [4.78, 5) is 29.2. The van der Waals surface area contributed by atoms with Crippen molar-refractivity contribution >= 4 is 35.1 Å². The molecule has 2 atom stereocenters. The molecule has 1 amide bonds. The molecule has 0 fully saturated rings. The number of esters is 1. The van der Waals surface area contributed by atoms with Gasteiger partial charge < -0.3 is 25.0 Å². The largest absolute Gasteiger partial charge is 0.503 e. The average Bonchev–Trinajstić information content (AvgIpc) is 2.83. The molecule has 0 unspecified atom stereocenters. The Labute approximate surface area is 220 Å². The second-order valence-corrected chi connectivity index (χ2v) is 8.87. The van der Waals surface area contributed by atoms with E-state index in [0.717, 1.165) is 24.3 Å². The molecule has 0 aliphatic rings. The van der Waals surface area contributed by atoms with E-state index in [-0.39, 0.29) is 15.8 Å². The van der Waals surface area contributed by atoms with Gasteiger partial charge in [-0.2, -0.15) is 0 Å². The Morgan fingerprint density at radius 2 is 1.57 bits per heavy atom. The number of aliphatic hydroxyl groups is 1. The van der Waals surface area contributed by atoms with E-state index < -0.39 is 63.8 Å². The zero-order chi connectivity index (χ0) is 27.5. The molecule has 2 aromatic carbocycles. The Morgan fingerprint density at radius 3 is 2.05 bits per heavy atom. The molecule has 0 aliphatic carbocycles. The number of aromatic nitrogens is 1. The molecule has 196 valence electrons. The lowest BCUT2D eigenvalue weighted by Crippen LogP contribution is -2.47. The monoisotopic (exact) mass is 554 g/mol. The normalized spacial score (nSPS) is 13.0. The van der Waals surface area contributed by atoms with E-state index in [1.807, 2.05) is 0 Å². The van der Waals surface area contributed by atoms with Crippen LogP contribution in [0.3, 0.4) is 0 Å². The molecule has 3 N–H and O–H groups in total. The van der Waals surface area contributed by atoms with Crippen LogP contribution in [0.1, 0.15) is 35.5 Å². The van der Waals surface area contributed by atoms with Crippen molar-refractivity contribution in [1.29, 1.82) is 0 Å².